The fourth-order valence-electron chi connectivity index (χ4n) is 1.39. The molecule has 0 radical (unpaired) electrons. The second-order valence-electron chi connectivity index (χ2n) is 3.48. The summed E-state index contributed by atoms with van der Waals surface area (Å²) in [6.07, 6.45) is 1.03. The first-order valence-electron chi connectivity index (χ1n) is 5.33. The summed E-state index contributed by atoms with van der Waals surface area (Å²) in [5.74, 6) is 6.14. The Labute approximate surface area is 104 Å². The van der Waals surface area contributed by atoms with Crippen LogP contribution < -0.4 is 16.0 Å². The van der Waals surface area contributed by atoms with E-state index < -0.39 is 0 Å². The van der Waals surface area contributed by atoms with Gasteiger partial charge in [0.15, 0.2) is 5.00 Å². The summed E-state index contributed by atoms with van der Waals surface area (Å²) in [7, 11) is 0. The van der Waals surface area contributed by atoms with Crippen molar-refractivity contribution in [2.45, 2.75) is 20.0 Å². The molecule has 1 aromatic heterocycles. The van der Waals surface area contributed by atoms with Gasteiger partial charge in [0.2, 0.25) is 0 Å². The number of rotatable bonds is 5. The molecule has 1 aromatic carbocycles. The molecule has 90 valence electrons. The summed E-state index contributed by atoms with van der Waals surface area (Å²) in [6.45, 7) is 2.48. The van der Waals surface area contributed by atoms with Crippen LogP contribution in [0, 0.1) is 0 Å². The zero-order valence-electron chi connectivity index (χ0n) is 9.51. The summed E-state index contributed by atoms with van der Waals surface area (Å²) in [4.78, 5) is 0. The number of nitrogens with zero attached hydrogens (tertiary/aromatic N) is 2. The summed E-state index contributed by atoms with van der Waals surface area (Å²) >= 11 is 1.21. The predicted molar refractivity (Wildman–Crippen MR) is 67.9 cm³/mol. The molecule has 0 amide bonds. The predicted octanol–water partition coefficient (Wildman–Crippen LogP) is 1.97. The van der Waals surface area contributed by atoms with E-state index in [1.54, 1.807) is 0 Å². The van der Waals surface area contributed by atoms with Gasteiger partial charge in [-0.3, -0.25) is 0 Å². The van der Waals surface area contributed by atoms with Gasteiger partial charge in [-0.2, -0.15) is 0 Å². The second-order valence-corrected chi connectivity index (χ2v) is 4.23. The van der Waals surface area contributed by atoms with Crippen LogP contribution in [-0.4, -0.2) is 9.59 Å². The van der Waals surface area contributed by atoms with Crippen LogP contribution in [0.25, 0.3) is 0 Å². The van der Waals surface area contributed by atoms with E-state index in [0.717, 1.165) is 22.9 Å². The van der Waals surface area contributed by atoms with Crippen LogP contribution in [0.3, 0.4) is 0 Å². The molecule has 1 heterocycles. The quantitative estimate of drug-likeness (QED) is 0.627. The van der Waals surface area contributed by atoms with Crippen molar-refractivity contribution in [3.8, 4) is 5.75 Å². The normalized spacial score (nSPS) is 10.2. The molecule has 0 aliphatic heterocycles. The molecule has 17 heavy (non-hydrogen) atoms. The average Bonchev–Trinajstić information content (AvgIpc) is 2.84. The smallest absolute Gasteiger partial charge is 0.150 e. The lowest BCUT2D eigenvalue weighted by atomic mass is 10.2. The van der Waals surface area contributed by atoms with Gasteiger partial charge in [0.25, 0.3) is 0 Å². The molecular weight excluding hydrogens is 236 g/mol. The molecule has 0 saturated heterocycles. The van der Waals surface area contributed by atoms with E-state index in [2.05, 4.69) is 34.1 Å². The second kappa shape index (κ2) is 5.60. The Morgan fingerprint density at radius 3 is 2.76 bits per heavy atom. The van der Waals surface area contributed by atoms with Gasteiger partial charge in [0, 0.05) is 11.5 Å². The molecule has 5 nitrogen and oxygen atoms in total. The van der Waals surface area contributed by atoms with E-state index in [1.807, 2.05) is 12.1 Å². The number of ether oxygens (including phenoxy) is 1. The van der Waals surface area contributed by atoms with Crippen LogP contribution >= 0.6 is 11.5 Å². The van der Waals surface area contributed by atoms with Crippen LogP contribution in [0.4, 0.5) is 5.00 Å². The van der Waals surface area contributed by atoms with Crippen molar-refractivity contribution in [1.82, 2.24) is 9.59 Å². The number of nitrogen functional groups attached to an aromatic ring is 1. The molecule has 6 heteroatoms. The van der Waals surface area contributed by atoms with E-state index in [-0.39, 0.29) is 0 Å². The molecule has 0 atom stereocenters. The third-order valence-electron chi connectivity index (χ3n) is 2.39. The average molecular weight is 250 g/mol. The van der Waals surface area contributed by atoms with Crippen LogP contribution in [0.2, 0.25) is 0 Å². The van der Waals surface area contributed by atoms with E-state index in [0.29, 0.717) is 6.61 Å². The van der Waals surface area contributed by atoms with Crippen molar-refractivity contribution in [2.24, 2.45) is 5.84 Å². The van der Waals surface area contributed by atoms with Crippen molar-refractivity contribution in [2.75, 3.05) is 5.43 Å². The fourth-order valence-corrected chi connectivity index (χ4v) is 1.86. The molecule has 3 N–H and O–H groups in total. The first-order chi connectivity index (χ1) is 8.33. The number of hydrazine groups is 1. The Balaban J connectivity index is 1.97. The molecule has 0 fully saturated rings. The van der Waals surface area contributed by atoms with Gasteiger partial charge in [-0.25, -0.2) is 5.84 Å². The largest absolute Gasteiger partial charge is 0.487 e. The molecule has 0 bridgehead atoms. The molecular formula is C11H14N4OS. The molecule has 2 rings (SSSR count). The Hall–Kier alpha value is -1.66. The number of nitrogens with two attached hydrogens (primary N) is 1. The number of anilines is 1. The molecule has 0 saturated carbocycles. The Morgan fingerprint density at radius 2 is 2.12 bits per heavy atom. The topological polar surface area (TPSA) is 73.1 Å². The number of aryl methyl sites for hydroxylation is 1. The number of nitrogens with one attached hydrogen (secondary N) is 1. The maximum Gasteiger partial charge on any atom is 0.150 e. The van der Waals surface area contributed by atoms with Gasteiger partial charge >= 0.3 is 0 Å². The van der Waals surface area contributed by atoms with Gasteiger partial charge < -0.3 is 10.2 Å². The summed E-state index contributed by atoms with van der Waals surface area (Å²) in [5.41, 5.74) is 4.55. The SMILES string of the molecule is CCc1ccc(OCc2nnsc2NN)cc1. The fraction of sp³-hybridized carbons (Fsp3) is 0.273. The van der Waals surface area contributed by atoms with Crippen LogP contribution in [0.15, 0.2) is 24.3 Å². The van der Waals surface area contributed by atoms with E-state index in [9.17, 15) is 0 Å². The molecule has 0 aliphatic rings. The zero-order valence-corrected chi connectivity index (χ0v) is 10.3. The van der Waals surface area contributed by atoms with Gasteiger partial charge in [0.05, 0.1) is 0 Å². The highest BCUT2D eigenvalue weighted by atomic mass is 32.1. The monoisotopic (exact) mass is 250 g/mol. The van der Waals surface area contributed by atoms with Gasteiger partial charge in [-0.05, 0) is 24.1 Å². The first-order valence-corrected chi connectivity index (χ1v) is 6.10. The number of benzene rings is 1. The van der Waals surface area contributed by atoms with Gasteiger partial charge in [-0.1, -0.05) is 23.5 Å². The van der Waals surface area contributed by atoms with Gasteiger partial charge in [-0.15, -0.1) is 5.10 Å². The number of hydrogen-bond donors (Lipinski definition) is 2. The number of aromatic nitrogens is 2. The Kier molecular flexibility index (Phi) is 3.89. The van der Waals surface area contributed by atoms with E-state index in [1.165, 1.54) is 17.1 Å². The molecule has 2 aromatic rings. The Morgan fingerprint density at radius 1 is 1.35 bits per heavy atom. The van der Waals surface area contributed by atoms with Crippen LogP contribution in [0.5, 0.6) is 5.75 Å². The zero-order chi connectivity index (χ0) is 12.1. The van der Waals surface area contributed by atoms with Crippen molar-refractivity contribution >= 4 is 16.5 Å². The van der Waals surface area contributed by atoms with Crippen molar-refractivity contribution < 1.29 is 4.74 Å². The van der Waals surface area contributed by atoms with Gasteiger partial charge in [0.1, 0.15) is 18.1 Å². The lowest BCUT2D eigenvalue weighted by Crippen LogP contribution is -2.08. The maximum atomic E-state index is 5.60. The van der Waals surface area contributed by atoms with Crippen molar-refractivity contribution in [3.05, 3.63) is 35.5 Å². The first kappa shape index (κ1) is 11.8. The minimum atomic E-state index is 0.363. The maximum absolute atomic E-state index is 5.60. The highest BCUT2D eigenvalue weighted by Crippen LogP contribution is 2.19. The van der Waals surface area contributed by atoms with Crippen LogP contribution in [0.1, 0.15) is 18.2 Å². The van der Waals surface area contributed by atoms with Crippen molar-refractivity contribution in [3.63, 3.8) is 0 Å². The highest BCUT2D eigenvalue weighted by molar-refractivity contribution is 7.10. The van der Waals surface area contributed by atoms with E-state index in [4.69, 9.17) is 10.6 Å². The van der Waals surface area contributed by atoms with E-state index >= 15 is 0 Å². The summed E-state index contributed by atoms with van der Waals surface area (Å²) in [6, 6.07) is 8.01. The van der Waals surface area contributed by atoms with Crippen molar-refractivity contribution in [1.29, 1.82) is 0 Å². The minimum absolute atomic E-state index is 0.363. The lowest BCUT2D eigenvalue weighted by Gasteiger charge is -2.05. The van der Waals surface area contributed by atoms with Crippen LogP contribution in [-0.2, 0) is 13.0 Å². The number of hydrogen-bond acceptors (Lipinski definition) is 6. The molecule has 0 aliphatic carbocycles. The molecule has 0 spiro atoms. The third-order valence-corrected chi connectivity index (χ3v) is 3.09. The summed E-state index contributed by atoms with van der Waals surface area (Å²) in [5, 5.41) is 4.67. The lowest BCUT2D eigenvalue weighted by molar-refractivity contribution is 0.301. The standard InChI is InChI=1S/C11H14N4OS/c1-2-8-3-5-9(6-4-8)16-7-10-11(13-12)17-15-14-10/h3-6,13H,2,7,12H2,1H3. The minimum Gasteiger partial charge on any atom is -0.487 e. The third kappa shape index (κ3) is 2.92. The molecule has 0 unspecified atom stereocenters. The highest BCUT2D eigenvalue weighted by Gasteiger charge is 2.06. The Bertz CT molecular complexity index is 469. The summed E-state index contributed by atoms with van der Waals surface area (Å²) < 4.78 is 9.40.